The fraction of sp³-hybridized carbons (Fsp3) is 0.778. The minimum absolute atomic E-state index is 0.0477. The fourth-order valence-electron chi connectivity index (χ4n) is 1.63. The van der Waals surface area contributed by atoms with Gasteiger partial charge in [0, 0.05) is 19.6 Å². The number of hydrogen-bond acceptors (Lipinski definition) is 4. The molecule has 0 aromatic carbocycles. The summed E-state index contributed by atoms with van der Waals surface area (Å²) in [4.78, 5) is 24.2. The van der Waals surface area contributed by atoms with Crippen LogP contribution in [0.2, 0.25) is 0 Å². The normalized spacial score (nSPS) is 27.6. The zero-order chi connectivity index (χ0) is 10.7. The molecule has 1 rings (SSSR count). The second-order valence-corrected chi connectivity index (χ2v) is 3.62. The van der Waals surface area contributed by atoms with Crippen LogP contribution in [0, 0.1) is 0 Å². The summed E-state index contributed by atoms with van der Waals surface area (Å²) in [5.41, 5.74) is 0. The van der Waals surface area contributed by atoms with E-state index in [9.17, 15) is 9.59 Å². The first-order valence-electron chi connectivity index (χ1n) is 4.62. The summed E-state index contributed by atoms with van der Waals surface area (Å²) >= 11 is 0. The molecule has 0 aromatic heterocycles. The number of carbonyl (C=O) groups is 2. The number of piperazine rings is 1. The van der Waals surface area contributed by atoms with Gasteiger partial charge in [0.05, 0.1) is 19.6 Å². The first-order valence-corrected chi connectivity index (χ1v) is 4.62. The van der Waals surface area contributed by atoms with Gasteiger partial charge in [0.15, 0.2) is 0 Å². The Labute approximate surface area is 83.4 Å². The van der Waals surface area contributed by atoms with Crippen molar-refractivity contribution in [3.8, 4) is 0 Å². The third-order valence-electron chi connectivity index (χ3n) is 2.31. The molecule has 5 nitrogen and oxygen atoms in total. The van der Waals surface area contributed by atoms with Gasteiger partial charge in [-0.1, -0.05) is 0 Å². The van der Waals surface area contributed by atoms with Crippen molar-refractivity contribution >= 4 is 11.9 Å². The Morgan fingerprint density at radius 3 is 2.93 bits per heavy atom. The number of methoxy groups -OCH3 is 1. The summed E-state index contributed by atoms with van der Waals surface area (Å²) in [5.74, 6) is -0.410. The fourth-order valence-corrected chi connectivity index (χ4v) is 1.63. The molecule has 1 fully saturated rings. The average Bonchev–Trinajstić information content (AvgIpc) is 2.13. The lowest BCUT2D eigenvalue weighted by molar-refractivity contribution is -0.146. The van der Waals surface area contributed by atoms with Gasteiger partial charge in [0.25, 0.3) is 0 Å². The number of nitrogens with zero attached hydrogens (tertiary/aromatic N) is 1. The number of nitrogens with one attached hydrogen (secondary N) is 1. The van der Waals surface area contributed by atoms with Gasteiger partial charge in [-0.3, -0.25) is 9.59 Å². The van der Waals surface area contributed by atoms with Crippen LogP contribution in [0.5, 0.6) is 0 Å². The first-order chi connectivity index (χ1) is 6.54. The van der Waals surface area contributed by atoms with E-state index in [1.165, 1.54) is 7.11 Å². The monoisotopic (exact) mass is 200 g/mol. The van der Waals surface area contributed by atoms with E-state index >= 15 is 0 Å². The highest BCUT2D eigenvalue weighted by Crippen LogP contribution is 2.07. The largest absolute Gasteiger partial charge is 0.469 e. The van der Waals surface area contributed by atoms with Crippen LogP contribution in [0.25, 0.3) is 0 Å². The number of rotatable bonds is 2. The standard InChI is InChI=1S/C9H16N2O3/c1-6-5-11(2)9(13)7(10-6)4-8(12)14-3/h6-7,10H,4-5H2,1-3H3. The Hall–Kier alpha value is -1.10. The molecule has 0 saturated carbocycles. The molecule has 1 aliphatic heterocycles. The molecule has 1 heterocycles. The van der Waals surface area contributed by atoms with Crippen molar-refractivity contribution in [1.82, 2.24) is 10.2 Å². The number of ether oxygens (including phenoxy) is 1. The zero-order valence-electron chi connectivity index (χ0n) is 8.74. The second kappa shape index (κ2) is 4.41. The Kier molecular flexibility index (Phi) is 3.46. The molecule has 1 aliphatic rings. The van der Waals surface area contributed by atoms with Gasteiger partial charge < -0.3 is 15.0 Å². The van der Waals surface area contributed by atoms with Crippen molar-refractivity contribution in [3.63, 3.8) is 0 Å². The van der Waals surface area contributed by atoms with Gasteiger partial charge in [-0.2, -0.15) is 0 Å². The number of hydrogen-bond donors (Lipinski definition) is 1. The lowest BCUT2D eigenvalue weighted by Crippen LogP contribution is -2.58. The average molecular weight is 200 g/mol. The molecule has 1 amide bonds. The molecule has 0 bridgehead atoms. The highest BCUT2D eigenvalue weighted by Gasteiger charge is 2.31. The Bertz CT molecular complexity index is 242. The van der Waals surface area contributed by atoms with E-state index in [0.29, 0.717) is 6.54 Å². The van der Waals surface area contributed by atoms with E-state index in [1.807, 2.05) is 6.92 Å². The molecule has 80 valence electrons. The number of likely N-dealkylation sites (N-methyl/N-ethyl adjacent to an activating group) is 1. The summed E-state index contributed by atoms with van der Waals surface area (Å²) in [6, 6.07) is -0.219. The second-order valence-electron chi connectivity index (χ2n) is 3.62. The highest BCUT2D eigenvalue weighted by molar-refractivity contribution is 5.87. The number of esters is 1. The quantitative estimate of drug-likeness (QED) is 0.603. The van der Waals surface area contributed by atoms with Crippen LogP contribution in [0.4, 0.5) is 0 Å². The van der Waals surface area contributed by atoms with Gasteiger partial charge in [0.2, 0.25) is 5.91 Å². The van der Waals surface area contributed by atoms with E-state index in [0.717, 1.165) is 0 Å². The molecular formula is C9H16N2O3. The molecular weight excluding hydrogens is 184 g/mol. The van der Waals surface area contributed by atoms with E-state index in [2.05, 4.69) is 10.1 Å². The maximum absolute atomic E-state index is 11.6. The van der Waals surface area contributed by atoms with Crippen molar-refractivity contribution in [3.05, 3.63) is 0 Å². The minimum atomic E-state index is -0.434. The van der Waals surface area contributed by atoms with E-state index in [4.69, 9.17) is 0 Å². The van der Waals surface area contributed by atoms with Crippen LogP contribution in [0.15, 0.2) is 0 Å². The molecule has 2 unspecified atom stereocenters. The van der Waals surface area contributed by atoms with Crippen molar-refractivity contribution in [2.75, 3.05) is 20.7 Å². The van der Waals surface area contributed by atoms with Gasteiger partial charge in [-0.15, -0.1) is 0 Å². The van der Waals surface area contributed by atoms with Crippen molar-refractivity contribution in [2.45, 2.75) is 25.4 Å². The molecule has 2 atom stereocenters. The maximum atomic E-state index is 11.6. The predicted octanol–water partition coefficient (Wildman–Crippen LogP) is -0.632. The topological polar surface area (TPSA) is 58.6 Å². The molecule has 0 spiro atoms. The van der Waals surface area contributed by atoms with Crippen molar-refractivity contribution in [1.29, 1.82) is 0 Å². The van der Waals surface area contributed by atoms with Crippen LogP contribution >= 0.6 is 0 Å². The smallest absolute Gasteiger partial charge is 0.307 e. The molecule has 0 radical (unpaired) electrons. The van der Waals surface area contributed by atoms with Crippen LogP contribution in [0.1, 0.15) is 13.3 Å². The van der Waals surface area contributed by atoms with Crippen LogP contribution in [-0.2, 0) is 14.3 Å². The summed E-state index contributed by atoms with van der Waals surface area (Å²) in [7, 11) is 3.06. The molecule has 0 aromatic rings. The van der Waals surface area contributed by atoms with E-state index < -0.39 is 6.04 Å². The number of amides is 1. The van der Waals surface area contributed by atoms with Gasteiger partial charge in [-0.25, -0.2) is 0 Å². The van der Waals surface area contributed by atoms with Gasteiger partial charge >= 0.3 is 5.97 Å². The first kappa shape index (κ1) is 11.0. The highest BCUT2D eigenvalue weighted by atomic mass is 16.5. The zero-order valence-corrected chi connectivity index (χ0v) is 8.74. The third kappa shape index (κ3) is 2.45. The molecule has 0 aliphatic carbocycles. The van der Waals surface area contributed by atoms with Crippen LogP contribution in [0.3, 0.4) is 0 Å². The lowest BCUT2D eigenvalue weighted by Gasteiger charge is -2.34. The Balaban J connectivity index is 2.58. The molecule has 5 heteroatoms. The maximum Gasteiger partial charge on any atom is 0.307 e. The summed E-state index contributed by atoms with van der Waals surface area (Å²) < 4.78 is 4.52. The minimum Gasteiger partial charge on any atom is -0.469 e. The predicted molar refractivity (Wildman–Crippen MR) is 50.7 cm³/mol. The van der Waals surface area contributed by atoms with E-state index in [-0.39, 0.29) is 24.3 Å². The van der Waals surface area contributed by atoms with Crippen LogP contribution < -0.4 is 5.32 Å². The molecule has 14 heavy (non-hydrogen) atoms. The van der Waals surface area contributed by atoms with Gasteiger partial charge in [0.1, 0.15) is 0 Å². The van der Waals surface area contributed by atoms with Gasteiger partial charge in [-0.05, 0) is 6.92 Å². The van der Waals surface area contributed by atoms with Crippen molar-refractivity contribution in [2.24, 2.45) is 0 Å². The SMILES string of the molecule is COC(=O)CC1NC(C)CN(C)C1=O. The summed E-state index contributed by atoms with van der Waals surface area (Å²) in [6.45, 7) is 2.66. The molecule has 1 saturated heterocycles. The van der Waals surface area contributed by atoms with E-state index in [1.54, 1.807) is 11.9 Å². The van der Waals surface area contributed by atoms with Crippen molar-refractivity contribution < 1.29 is 14.3 Å². The molecule has 1 N–H and O–H groups in total. The summed E-state index contributed by atoms with van der Waals surface area (Å²) in [6.07, 6.45) is 0.101. The summed E-state index contributed by atoms with van der Waals surface area (Å²) in [5, 5.41) is 3.07. The lowest BCUT2D eigenvalue weighted by atomic mass is 10.1. The number of carbonyl (C=O) groups excluding carboxylic acids is 2. The van der Waals surface area contributed by atoms with Crippen LogP contribution in [-0.4, -0.2) is 49.6 Å². The third-order valence-corrected chi connectivity index (χ3v) is 2.31. The Morgan fingerprint density at radius 2 is 2.36 bits per heavy atom. The Morgan fingerprint density at radius 1 is 1.71 bits per heavy atom.